The van der Waals surface area contributed by atoms with Gasteiger partial charge in [0.05, 0.1) is 12.2 Å². The van der Waals surface area contributed by atoms with Gasteiger partial charge in [-0.25, -0.2) is 4.79 Å². The van der Waals surface area contributed by atoms with E-state index in [-0.39, 0.29) is 5.97 Å². The third kappa shape index (κ3) is 11.2. The Labute approximate surface area is 232 Å². The van der Waals surface area contributed by atoms with Crippen LogP contribution in [0.5, 0.6) is 11.5 Å². The van der Waals surface area contributed by atoms with Crippen molar-refractivity contribution in [3.8, 4) is 11.5 Å². The van der Waals surface area contributed by atoms with Crippen LogP contribution in [0.25, 0.3) is 0 Å². The Morgan fingerprint density at radius 3 is 2.08 bits per heavy atom. The van der Waals surface area contributed by atoms with Gasteiger partial charge in [0.15, 0.2) is 0 Å². The Bertz CT molecular complexity index is 894. The van der Waals surface area contributed by atoms with Gasteiger partial charge >= 0.3 is 5.97 Å². The van der Waals surface area contributed by atoms with Gasteiger partial charge in [-0.3, -0.25) is 0 Å². The highest BCUT2D eigenvalue weighted by Gasteiger charge is 2.20. The second-order valence-corrected chi connectivity index (χ2v) is 11.7. The van der Waals surface area contributed by atoms with Gasteiger partial charge in [0, 0.05) is 0 Å². The first-order valence-corrected chi connectivity index (χ1v) is 15.6. The number of aryl methyl sites for hydroxylation is 1. The Kier molecular flexibility index (Phi) is 13.8. The van der Waals surface area contributed by atoms with Crippen molar-refractivity contribution in [1.82, 2.24) is 0 Å². The summed E-state index contributed by atoms with van der Waals surface area (Å²) in [6, 6.07) is 15.3. The topological polar surface area (TPSA) is 35.5 Å². The predicted molar refractivity (Wildman–Crippen MR) is 159 cm³/mol. The van der Waals surface area contributed by atoms with Crippen LogP contribution in [-0.2, 0) is 6.42 Å². The molecule has 2 aromatic rings. The number of rotatable bonds is 17. The Morgan fingerprint density at radius 1 is 0.789 bits per heavy atom. The summed E-state index contributed by atoms with van der Waals surface area (Å²) in [4.78, 5) is 12.6. The number of unbranched alkanes of at least 4 members (excludes halogenated alkanes) is 4. The number of ether oxygens (including phenoxy) is 2. The number of hydrogen-bond acceptors (Lipinski definition) is 3. The van der Waals surface area contributed by atoms with Gasteiger partial charge in [0.1, 0.15) is 11.5 Å². The third-order valence-electron chi connectivity index (χ3n) is 8.55. The van der Waals surface area contributed by atoms with Crippen molar-refractivity contribution >= 4 is 5.97 Å². The van der Waals surface area contributed by atoms with Gasteiger partial charge in [0.2, 0.25) is 0 Å². The minimum absolute atomic E-state index is 0.330. The van der Waals surface area contributed by atoms with Crippen LogP contribution in [0.15, 0.2) is 48.5 Å². The number of carbonyl (C=O) groups excluding carboxylic acids is 1. The molecule has 0 aromatic heterocycles. The van der Waals surface area contributed by atoms with Crippen LogP contribution in [0.2, 0.25) is 0 Å². The van der Waals surface area contributed by atoms with Crippen LogP contribution in [0.1, 0.15) is 127 Å². The van der Waals surface area contributed by atoms with Gasteiger partial charge in [-0.1, -0.05) is 104 Å². The lowest BCUT2D eigenvalue weighted by Crippen LogP contribution is -2.15. The van der Waals surface area contributed by atoms with Crippen molar-refractivity contribution in [3.05, 3.63) is 59.7 Å². The van der Waals surface area contributed by atoms with E-state index in [1.165, 1.54) is 89.0 Å². The van der Waals surface area contributed by atoms with Crippen LogP contribution in [0, 0.1) is 17.8 Å². The zero-order valence-corrected chi connectivity index (χ0v) is 24.4. The second kappa shape index (κ2) is 17.3. The van der Waals surface area contributed by atoms with Gasteiger partial charge < -0.3 is 9.47 Å². The SMILES string of the molecule is CCCCCCC[C@H]1CC[C@H](CCc2ccc(OC(=O)c3ccc(OCCC[C@@H](C)CC)cc3)cc2)CC1. The lowest BCUT2D eigenvalue weighted by Gasteiger charge is -2.28. The molecule has 0 unspecified atom stereocenters. The first-order valence-electron chi connectivity index (χ1n) is 15.6. The van der Waals surface area contributed by atoms with Crippen LogP contribution in [0.4, 0.5) is 0 Å². The van der Waals surface area contributed by atoms with E-state index < -0.39 is 0 Å². The number of carbonyl (C=O) groups is 1. The van der Waals surface area contributed by atoms with E-state index in [2.05, 4.69) is 32.9 Å². The summed E-state index contributed by atoms with van der Waals surface area (Å²) in [6.07, 6.45) is 20.0. The van der Waals surface area contributed by atoms with E-state index in [0.717, 1.165) is 36.3 Å². The lowest BCUT2D eigenvalue weighted by atomic mass is 9.78. The Morgan fingerprint density at radius 2 is 1.42 bits per heavy atom. The van der Waals surface area contributed by atoms with Crippen LogP contribution in [-0.4, -0.2) is 12.6 Å². The van der Waals surface area contributed by atoms with Crippen molar-refractivity contribution in [2.45, 2.75) is 117 Å². The first kappa shape index (κ1) is 30.3. The summed E-state index contributed by atoms with van der Waals surface area (Å²) < 4.78 is 11.4. The molecule has 3 rings (SSSR count). The predicted octanol–water partition coefficient (Wildman–Crippen LogP) is 10.2. The molecular weight excluding hydrogens is 468 g/mol. The van der Waals surface area contributed by atoms with Gasteiger partial charge in [0.25, 0.3) is 0 Å². The third-order valence-corrected chi connectivity index (χ3v) is 8.55. The minimum Gasteiger partial charge on any atom is -0.494 e. The molecule has 1 saturated carbocycles. The van der Waals surface area contributed by atoms with Crippen molar-refractivity contribution in [3.63, 3.8) is 0 Å². The van der Waals surface area contributed by atoms with Crippen LogP contribution in [0.3, 0.4) is 0 Å². The highest BCUT2D eigenvalue weighted by Crippen LogP contribution is 2.34. The minimum atomic E-state index is -0.330. The van der Waals surface area contributed by atoms with Crippen molar-refractivity contribution in [2.75, 3.05) is 6.61 Å². The summed E-state index contributed by atoms with van der Waals surface area (Å²) in [5.74, 6) is 3.66. The van der Waals surface area contributed by atoms with Gasteiger partial charge in [-0.2, -0.15) is 0 Å². The van der Waals surface area contributed by atoms with E-state index in [9.17, 15) is 4.79 Å². The van der Waals surface area contributed by atoms with Crippen LogP contribution >= 0.6 is 0 Å². The summed E-state index contributed by atoms with van der Waals surface area (Å²) >= 11 is 0. The summed E-state index contributed by atoms with van der Waals surface area (Å²) in [6.45, 7) is 7.50. The molecule has 0 spiro atoms. The molecule has 1 aliphatic rings. The summed E-state index contributed by atoms with van der Waals surface area (Å²) in [5.41, 5.74) is 1.87. The summed E-state index contributed by atoms with van der Waals surface area (Å²) in [7, 11) is 0. The maximum atomic E-state index is 12.6. The Balaban J connectivity index is 1.32. The molecule has 210 valence electrons. The fraction of sp³-hybridized carbons (Fsp3) is 0.629. The fourth-order valence-corrected chi connectivity index (χ4v) is 5.62. The average Bonchev–Trinajstić information content (AvgIpc) is 2.95. The molecule has 0 bridgehead atoms. The van der Waals surface area contributed by atoms with Crippen molar-refractivity contribution in [2.24, 2.45) is 17.8 Å². The normalized spacial score (nSPS) is 18.2. The molecule has 0 N–H and O–H groups in total. The highest BCUT2D eigenvalue weighted by molar-refractivity contribution is 5.91. The molecule has 0 amide bonds. The molecule has 2 aromatic carbocycles. The molecule has 0 radical (unpaired) electrons. The number of benzene rings is 2. The quantitative estimate of drug-likeness (QED) is 0.118. The molecule has 0 saturated heterocycles. The largest absolute Gasteiger partial charge is 0.494 e. The van der Waals surface area contributed by atoms with Crippen molar-refractivity contribution in [1.29, 1.82) is 0 Å². The van der Waals surface area contributed by atoms with Gasteiger partial charge in [-0.15, -0.1) is 0 Å². The maximum absolute atomic E-state index is 12.6. The van der Waals surface area contributed by atoms with Gasteiger partial charge in [-0.05, 0) is 85.4 Å². The van der Waals surface area contributed by atoms with E-state index in [4.69, 9.17) is 9.47 Å². The monoisotopic (exact) mass is 520 g/mol. The lowest BCUT2D eigenvalue weighted by molar-refractivity contribution is 0.0734. The number of hydrogen-bond donors (Lipinski definition) is 0. The summed E-state index contributed by atoms with van der Waals surface area (Å²) in [5, 5.41) is 0. The molecule has 1 aliphatic carbocycles. The van der Waals surface area contributed by atoms with Crippen molar-refractivity contribution < 1.29 is 14.3 Å². The molecule has 0 heterocycles. The van der Waals surface area contributed by atoms with E-state index in [1.807, 2.05) is 24.3 Å². The second-order valence-electron chi connectivity index (χ2n) is 11.7. The van der Waals surface area contributed by atoms with E-state index in [0.29, 0.717) is 17.9 Å². The van der Waals surface area contributed by atoms with Crippen LogP contribution < -0.4 is 9.47 Å². The molecular formula is C35H52O3. The molecule has 3 heteroatoms. The molecule has 0 aliphatic heterocycles. The number of esters is 1. The molecule has 1 fully saturated rings. The zero-order valence-electron chi connectivity index (χ0n) is 24.4. The molecule has 3 nitrogen and oxygen atoms in total. The maximum Gasteiger partial charge on any atom is 0.343 e. The smallest absolute Gasteiger partial charge is 0.343 e. The fourth-order valence-electron chi connectivity index (χ4n) is 5.62. The first-order chi connectivity index (χ1) is 18.6. The zero-order chi connectivity index (χ0) is 27.0. The van der Waals surface area contributed by atoms with E-state index >= 15 is 0 Å². The molecule has 1 atom stereocenters. The molecule has 38 heavy (non-hydrogen) atoms. The highest BCUT2D eigenvalue weighted by atomic mass is 16.5. The van der Waals surface area contributed by atoms with E-state index in [1.54, 1.807) is 12.1 Å². The average molecular weight is 521 g/mol. The standard InChI is InChI=1S/C35H52O3/c1-4-6-7-8-9-12-29-13-15-30(16-14-29)17-18-31-19-23-34(24-20-31)38-35(36)32-21-25-33(26-22-32)37-27-10-11-28(3)5-2/h19-26,28-30H,4-18,27H2,1-3H3/t28-,29-,30-/m0/s1. The Hall–Kier alpha value is -2.29.